The summed E-state index contributed by atoms with van der Waals surface area (Å²) in [6.45, 7) is 3.71. The van der Waals surface area contributed by atoms with E-state index in [9.17, 15) is 4.79 Å². The number of amides is 1. The second-order valence-electron chi connectivity index (χ2n) is 3.09. The topological polar surface area (TPSA) is 55.1 Å². The van der Waals surface area contributed by atoms with Crippen molar-refractivity contribution >= 4 is 45.6 Å². The summed E-state index contributed by atoms with van der Waals surface area (Å²) in [5, 5.41) is 2.75. The number of nitrogen functional groups attached to an aromatic ring is 1. The van der Waals surface area contributed by atoms with Crippen molar-refractivity contribution in [2.24, 2.45) is 0 Å². The molecular weight excluding hydrogens is 279 g/mol. The minimum atomic E-state index is -0.0331. The van der Waals surface area contributed by atoms with Gasteiger partial charge < -0.3 is 11.1 Å². The third kappa shape index (κ3) is 3.72. The smallest absolute Gasteiger partial charge is 0.224 e. The van der Waals surface area contributed by atoms with E-state index in [4.69, 9.17) is 5.73 Å². The Hall–Kier alpha value is -0.740. The van der Waals surface area contributed by atoms with Crippen molar-refractivity contribution in [2.75, 3.05) is 11.1 Å². The first kappa shape index (κ1) is 14.3. The van der Waals surface area contributed by atoms with Crippen molar-refractivity contribution in [3.63, 3.8) is 0 Å². The number of carbonyl (C=O) groups is 1. The molecule has 0 aliphatic rings. The second kappa shape index (κ2) is 5.98. The highest BCUT2D eigenvalue weighted by atomic mass is 79.9. The summed E-state index contributed by atoms with van der Waals surface area (Å²) in [4.78, 5) is 11.2. The number of hydrogen-bond acceptors (Lipinski definition) is 2. The molecule has 1 amide bonds. The van der Waals surface area contributed by atoms with Crippen LogP contribution in [0.5, 0.6) is 0 Å². The number of rotatable bonds is 2. The van der Waals surface area contributed by atoms with Gasteiger partial charge in [-0.2, -0.15) is 0 Å². The number of anilines is 2. The lowest BCUT2D eigenvalue weighted by molar-refractivity contribution is -0.115. The first-order valence-corrected chi connectivity index (χ1v) is 5.19. The van der Waals surface area contributed by atoms with Gasteiger partial charge in [0.25, 0.3) is 0 Å². The molecule has 0 saturated heterocycles. The van der Waals surface area contributed by atoms with Crippen LogP contribution in [0.4, 0.5) is 11.4 Å². The number of nitrogens with one attached hydrogen (secondary N) is 1. The summed E-state index contributed by atoms with van der Waals surface area (Å²) >= 11 is 3.35. The summed E-state index contributed by atoms with van der Waals surface area (Å²) in [5.74, 6) is -0.0331. The first-order chi connectivity index (χ1) is 6.54. The molecule has 0 atom stereocenters. The van der Waals surface area contributed by atoms with Gasteiger partial charge in [0.15, 0.2) is 0 Å². The quantitative estimate of drug-likeness (QED) is 0.823. The van der Waals surface area contributed by atoms with Gasteiger partial charge in [-0.05, 0) is 24.6 Å². The van der Waals surface area contributed by atoms with Gasteiger partial charge in [0.05, 0.1) is 11.4 Å². The van der Waals surface area contributed by atoms with Crippen molar-refractivity contribution in [2.45, 2.75) is 20.3 Å². The average molecular weight is 294 g/mol. The molecule has 3 nitrogen and oxygen atoms in total. The zero-order valence-corrected chi connectivity index (χ0v) is 11.0. The van der Waals surface area contributed by atoms with Crippen molar-refractivity contribution < 1.29 is 4.79 Å². The molecule has 5 heteroatoms. The number of halogens is 2. The highest BCUT2D eigenvalue weighted by Crippen LogP contribution is 2.27. The SMILES string of the molecule is CCC(=O)Nc1cc(Br)cc(C)c1N.Cl. The summed E-state index contributed by atoms with van der Waals surface area (Å²) in [6.07, 6.45) is 0.449. The molecule has 0 heterocycles. The van der Waals surface area contributed by atoms with E-state index in [0.29, 0.717) is 17.8 Å². The van der Waals surface area contributed by atoms with Crippen molar-refractivity contribution in [3.8, 4) is 0 Å². The van der Waals surface area contributed by atoms with E-state index in [-0.39, 0.29) is 18.3 Å². The maximum atomic E-state index is 11.2. The van der Waals surface area contributed by atoms with Crippen LogP contribution >= 0.6 is 28.3 Å². The fraction of sp³-hybridized carbons (Fsp3) is 0.300. The van der Waals surface area contributed by atoms with E-state index < -0.39 is 0 Å². The zero-order chi connectivity index (χ0) is 10.7. The lowest BCUT2D eigenvalue weighted by Gasteiger charge is -2.10. The third-order valence-corrected chi connectivity index (χ3v) is 2.40. The van der Waals surface area contributed by atoms with Crippen LogP contribution < -0.4 is 11.1 Å². The Bertz CT molecular complexity index is 369. The molecule has 3 N–H and O–H groups in total. The van der Waals surface area contributed by atoms with E-state index in [0.717, 1.165) is 10.0 Å². The standard InChI is InChI=1S/C10H13BrN2O.ClH/c1-3-9(14)13-8-5-7(11)4-6(2)10(8)12;/h4-5H,3,12H2,1-2H3,(H,13,14);1H. The maximum absolute atomic E-state index is 11.2. The minimum Gasteiger partial charge on any atom is -0.397 e. The van der Waals surface area contributed by atoms with Gasteiger partial charge >= 0.3 is 0 Å². The monoisotopic (exact) mass is 292 g/mol. The Morgan fingerprint density at radius 2 is 2.13 bits per heavy atom. The van der Waals surface area contributed by atoms with Gasteiger partial charge in [0, 0.05) is 10.9 Å². The number of hydrogen-bond donors (Lipinski definition) is 2. The number of benzene rings is 1. The molecule has 0 radical (unpaired) electrons. The third-order valence-electron chi connectivity index (χ3n) is 1.95. The molecule has 0 bridgehead atoms. The lowest BCUT2D eigenvalue weighted by atomic mass is 10.1. The normalized spacial score (nSPS) is 9.27. The molecule has 0 aliphatic carbocycles. The first-order valence-electron chi connectivity index (χ1n) is 4.40. The van der Waals surface area contributed by atoms with Gasteiger partial charge in [-0.1, -0.05) is 22.9 Å². The van der Waals surface area contributed by atoms with Gasteiger partial charge in [-0.3, -0.25) is 4.79 Å². The van der Waals surface area contributed by atoms with E-state index in [1.54, 1.807) is 13.0 Å². The molecular formula is C10H14BrClN2O. The predicted molar refractivity (Wildman–Crippen MR) is 69.5 cm³/mol. The van der Waals surface area contributed by atoms with E-state index in [1.165, 1.54) is 0 Å². The Morgan fingerprint density at radius 1 is 1.53 bits per heavy atom. The van der Waals surface area contributed by atoms with Gasteiger partial charge in [0.1, 0.15) is 0 Å². The van der Waals surface area contributed by atoms with Crippen LogP contribution in [0.3, 0.4) is 0 Å². The van der Waals surface area contributed by atoms with E-state index in [2.05, 4.69) is 21.2 Å². The highest BCUT2D eigenvalue weighted by Gasteiger charge is 2.06. The highest BCUT2D eigenvalue weighted by molar-refractivity contribution is 9.10. The van der Waals surface area contributed by atoms with Crippen molar-refractivity contribution in [1.82, 2.24) is 0 Å². The Morgan fingerprint density at radius 3 is 2.67 bits per heavy atom. The molecule has 15 heavy (non-hydrogen) atoms. The van der Waals surface area contributed by atoms with Gasteiger partial charge in [-0.15, -0.1) is 12.4 Å². The lowest BCUT2D eigenvalue weighted by Crippen LogP contribution is -2.11. The van der Waals surface area contributed by atoms with Crippen LogP contribution in [0.15, 0.2) is 16.6 Å². The molecule has 1 aromatic rings. The Kier molecular flexibility index (Phi) is 5.68. The van der Waals surface area contributed by atoms with Crippen LogP contribution in [0.25, 0.3) is 0 Å². The summed E-state index contributed by atoms with van der Waals surface area (Å²) < 4.78 is 0.913. The van der Waals surface area contributed by atoms with Gasteiger partial charge in [0.2, 0.25) is 5.91 Å². The molecule has 1 aromatic carbocycles. The molecule has 0 aromatic heterocycles. The fourth-order valence-electron chi connectivity index (χ4n) is 1.10. The van der Waals surface area contributed by atoms with Crippen LogP contribution in [-0.4, -0.2) is 5.91 Å². The molecule has 0 fully saturated rings. The molecule has 1 rings (SSSR count). The summed E-state index contributed by atoms with van der Waals surface area (Å²) in [7, 11) is 0. The average Bonchev–Trinajstić information content (AvgIpc) is 2.13. The molecule has 0 saturated carbocycles. The molecule has 0 spiro atoms. The number of nitrogens with two attached hydrogens (primary N) is 1. The number of carbonyl (C=O) groups excluding carboxylic acids is 1. The maximum Gasteiger partial charge on any atom is 0.224 e. The van der Waals surface area contributed by atoms with Crippen LogP contribution in [0.1, 0.15) is 18.9 Å². The zero-order valence-electron chi connectivity index (χ0n) is 8.63. The molecule has 0 unspecified atom stereocenters. The summed E-state index contributed by atoms with van der Waals surface area (Å²) in [5.41, 5.74) is 8.06. The Balaban J connectivity index is 0.00000196. The van der Waals surface area contributed by atoms with E-state index in [1.807, 2.05) is 13.0 Å². The van der Waals surface area contributed by atoms with E-state index >= 15 is 0 Å². The fourth-order valence-corrected chi connectivity index (χ4v) is 1.67. The van der Waals surface area contributed by atoms with Crippen LogP contribution in [-0.2, 0) is 4.79 Å². The minimum absolute atomic E-state index is 0. The molecule has 0 aliphatic heterocycles. The number of aryl methyl sites for hydroxylation is 1. The van der Waals surface area contributed by atoms with Crippen LogP contribution in [0, 0.1) is 6.92 Å². The summed E-state index contributed by atoms with van der Waals surface area (Å²) in [6, 6.07) is 3.72. The van der Waals surface area contributed by atoms with Crippen LogP contribution in [0.2, 0.25) is 0 Å². The van der Waals surface area contributed by atoms with Crippen molar-refractivity contribution in [3.05, 3.63) is 22.2 Å². The predicted octanol–water partition coefficient (Wildman–Crippen LogP) is 3.11. The Labute approximate surface area is 104 Å². The van der Waals surface area contributed by atoms with Gasteiger partial charge in [-0.25, -0.2) is 0 Å². The van der Waals surface area contributed by atoms with Crippen molar-refractivity contribution in [1.29, 1.82) is 0 Å². The largest absolute Gasteiger partial charge is 0.397 e. The molecule has 84 valence electrons. The second-order valence-corrected chi connectivity index (χ2v) is 4.00.